The summed E-state index contributed by atoms with van der Waals surface area (Å²) in [5.74, 6) is 0.900. The van der Waals surface area contributed by atoms with Gasteiger partial charge in [-0.15, -0.1) is 0 Å². The minimum Gasteiger partial charge on any atom is -0.497 e. The normalized spacial score (nSPS) is 11.8. The van der Waals surface area contributed by atoms with E-state index in [1.165, 1.54) is 7.11 Å². The molecule has 0 spiro atoms. The lowest BCUT2D eigenvalue weighted by molar-refractivity contribution is -0.144. The first-order valence-electron chi connectivity index (χ1n) is 6.68. The average Bonchev–Trinajstić information content (AvgIpc) is 2.49. The molecule has 0 saturated carbocycles. The smallest absolute Gasteiger partial charge is 0.305 e. The number of hydrogen-bond donors (Lipinski definition) is 1. The van der Waals surface area contributed by atoms with Gasteiger partial charge in [-0.25, -0.2) is 0 Å². The molecule has 5 heteroatoms. The second kappa shape index (κ2) is 8.43. The molecule has 0 aliphatic carbocycles. The first-order valence-corrected chi connectivity index (χ1v) is 6.68. The molecule has 0 aromatic heterocycles. The van der Waals surface area contributed by atoms with Gasteiger partial charge < -0.3 is 19.3 Å². The van der Waals surface area contributed by atoms with Crippen molar-refractivity contribution in [3.05, 3.63) is 23.8 Å². The molecule has 0 aliphatic heterocycles. The summed E-state index contributed by atoms with van der Waals surface area (Å²) < 4.78 is 15.3. The predicted octanol–water partition coefficient (Wildman–Crippen LogP) is 2.47. The standard InChI is InChI=1S/C15H22O5/c1-4-9-20-15(17)8-7-13(16)12-6-5-11(18-2)10-14(12)19-3/h5-6,10,13,16H,4,7-9H2,1-3H3. The number of aliphatic hydroxyl groups excluding tert-OH is 1. The Morgan fingerprint density at radius 1 is 1.30 bits per heavy atom. The maximum Gasteiger partial charge on any atom is 0.305 e. The van der Waals surface area contributed by atoms with Crippen LogP contribution in [0.3, 0.4) is 0 Å². The number of carbonyl (C=O) groups is 1. The van der Waals surface area contributed by atoms with Gasteiger partial charge >= 0.3 is 5.97 Å². The molecule has 5 nitrogen and oxygen atoms in total. The number of esters is 1. The molecule has 1 rings (SSSR count). The van der Waals surface area contributed by atoms with E-state index >= 15 is 0 Å². The van der Waals surface area contributed by atoms with Crippen LogP contribution < -0.4 is 9.47 Å². The molecule has 1 aromatic carbocycles. The van der Waals surface area contributed by atoms with Crippen molar-refractivity contribution in [2.24, 2.45) is 0 Å². The fourth-order valence-electron chi connectivity index (χ4n) is 1.79. The van der Waals surface area contributed by atoms with E-state index in [1.807, 2.05) is 6.92 Å². The van der Waals surface area contributed by atoms with E-state index in [0.717, 1.165) is 6.42 Å². The van der Waals surface area contributed by atoms with Gasteiger partial charge in [-0.2, -0.15) is 0 Å². The zero-order valence-electron chi connectivity index (χ0n) is 12.2. The number of rotatable bonds is 8. The summed E-state index contributed by atoms with van der Waals surface area (Å²) in [6.07, 6.45) is 0.493. The number of carbonyl (C=O) groups excluding carboxylic acids is 1. The minimum atomic E-state index is -0.773. The highest BCUT2D eigenvalue weighted by atomic mass is 16.5. The van der Waals surface area contributed by atoms with Crippen molar-refractivity contribution in [3.8, 4) is 11.5 Å². The first kappa shape index (κ1) is 16.3. The van der Waals surface area contributed by atoms with Crippen molar-refractivity contribution in [1.82, 2.24) is 0 Å². The van der Waals surface area contributed by atoms with E-state index in [2.05, 4.69) is 0 Å². The number of ether oxygens (including phenoxy) is 3. The molecule has 0 fully saturated rings. The Bertz CT molecular complexity index is 430. The maximum atomic E-state index is 11.4. The van der Waals surface area contributed by atoms with Gasteiger partial charge in [0.15, 0.2) is 0 Å². The van der Waals surface area contributed by atoms with Crippen molar-refractivity contribution in [2.45, 2.75) is 32.3 Å². The molecule has 0 aliphatic rings. The summed E-state index contributed by atoms with van der Waals surface area (Å²) in [6, 6.07) is 5.18. The SMILES string of the molecule is CCCOC(=O)CCC(O)c1ccc(OC)cc1OC. The van der Waals surface area contributed by atoms with Crippen LogP contribution in [0, 0.1) is 0 Å². The Labute approximate surface area is 119 Å². The molecule has 0 amide bonds. The lowest BCUT2D eigenvalue weighted by atomic mass is 10.0. The second-order valence-corrected chi connectivity index (χ2v) is 4.38. The Morgan fingerprint density at radius 3 is 2.65 bits per heavy atom. The average molecular weight is 282 g/mol. The van der Waals surface area contributed by atoms with Crippen LogP contribution in [0.5, 0.6) is 11.5 Å². The quantitative estimate of drug-likeness (QED) is 0.742. The van der Waals surface area contributed by atoms with Crippen LogP contribution in [0.15, 0.2) is 18.2 Å². The van der Waals surface area contributed by atoms with Gasteiger partial charge in [0.1, 0.15) is 11.5 Å². The Balaban J connectivity index is 2.62. The summed E-state index contributed by atoms with van der Waals surface area (Å²) in [6.45, 7) is 2.35. The third kappa shape index (κ3) is 4.74. The summed E-state index contributed by atoms with van der Waals surface area (Å²) in [5, 5.41) is 10.1. The molecule has 20 heavy (non-hydrogen) atoms. The van der Waals surface area contributed by atoms with Crippen LogP contribution in [-0.4, -0.2) is 31.9 Å². The minimum absolute atomic E-state index is 0.177. The van der Waals surface area contributed by atoms with Crippen molar-refractivity contribution in [2.75, 3.05) is 20.8 Å². The van der Waals surface area contributed by atoms with Crippen LogP contribution >= 0.6 is 0 Å². The second-order valence-electron chi connectivity index (χ2n) is 4.38. The van der Waals surface area contributed by atoms with E-state index in [4.69, 9.17) is 14.2 Å². The van der Waals surface area contributed by atoms with Gasteiger partial charge in [-0.1, -0.05) is 6.92 Å². The predicted molar refractivity (Wildman–Crippen MR) is 75.0 cm³/mol. The molecule has 1 atom stereocenters. The summed E-state index contributed by atoms with van der Waals surface area (Å²) in [5.41, 5.74) is 0.636. The number of aliphatic hydroxyl groups is 1. The third-order valence-corrected chi connectivity index (χ3v) is 2.89. The van der Waals surface area contributed by atoms with Crippen molar-refractivity contribution in [3.63, 3.8) is 0 Å². The van der Waals surface area contributed by atoms with Crippen molar-refractivity contribution >= 4 is 5.97 Å². The van der Waals surface area contributed by atoms with E-state index in [1.54, 1.807) is 25.3 Å². The Kier molecular flexibility index (Phi) is 6.87. The van der Waals surface area contributed by atoms with E-state index in [9.17, 15) is 9.90 Å². The lowest BCUT2D eigenvalue weighted by Crippen LogP contribution is -2.08. The molecular formula is C15H22O5. The highest BCUT2D eigenvalue weighted by molar-refractivity contribution is 5.69. The summed E-state index contributed by atoms with van der Waals surface area (Å²) in [4.78, 5) is 11.4. The van der Waals surface area contributed by atoms with Gasteiger partial charge in [0.05, 0.1) is 26.9 Å². The molecule has 1 unspecified atom stereocenters. The zero-order chi connectivity index (χ0) is 15.0. The molecule has 1 aromatic rings. The molecule has 0 heterocycles. The fraction of sp³-hybridized carbons (Fsp3) is 0.533. The number of benzene rings is 1. The van der Waals surface area contributed by atoms with Crippen molar-refractivity contribution in [1.29, 1.82) is 0 Å². The molecule has 0 radical (unpaired) electrons. The third-order valence-electron chi connectivity index (χ3n) is 2.89. The van der Waals surface area contributed by atoms with E-state index < -0.39 is 6.10 Å². The van der Waals surface area contributed by atoms with Crippen LogP contribution in [0.2, 0.25) is 0 Å². The zero-order valence-corrected chi connectivity index (χ0v) is 12.2. The number of hydrogen-bond acceptors (Lipinski definition) is 5. The van der Waals surface area contributed by atoms with Gasteiger partial charge in [0.2, 0.25) is 0 Å². The van der Waals surface area contributed by atoms with Gasteiger partial charge in [0, 0.05) is 18.1 Å². The molecule has 0 saturated heterocycles. The van der Waals surface area contributed by atoms with Gasteiger partial charge in [-0.05, 0) is 25.0 Å². The van der Waals surface area contributed by atoms with Crippen LogP contribution in [0.25, 0.3) is 0 Å². The maximum absolute atomic E-state index is 11.4. The van der Waals surface area contributed by atoms with Crippen molar-refractivity contribution < 1.29 is 24.1 Å². The molecule has 112 valence electrons. The Hall–Kier alpha value is -1.75. The van der Waals surface area contributed by atoms with Crippen LogP contribution in [-0.2, 0) is 9.53 Å². The van der Waals surface area contributed by atoms with Crippen LogP contribution in [0.4, 0.5) is 0 Å². The molecular weight excluding hydrogens is 260 g/mol. The summed E-state index contributed by atoms with van der Waals surface area (Å²) in [7, 11) is 3.09. The number of methoxy groups -OCH3 is 2. The lowest BCUT2D eigenvalue weighted by Gasteiger charge is -2.15. The Morgan fingerprint density at radius 2 is 2.05 bits per heavy atom. The van der Waals surface area contributed by atoms with Gasteiger partial charge in [-0.3, -0.25) is 4.79 Å². The molecule has 1 N–H and O–H groups in total. The monoisotopic (exact) mass is 282 g/mol. The fourth-order valence-corrected chi connectivity index (χ4v) is 1.79. The highest BCUT2D eigenvalue weighted by Gasteiger charge is 2.16. The largest absolute Gasteiger partial charge is 0.497 e. The highest BCUT2D eigenvalue weighted by Crippen LogP contribution is 2.31. The van der Waals surface area contributed by atoms with E-state index in [0.29, 0.717) is 30.1 Å². The summed E-state index contributed by atoms with van der Waals surface area (Å²) >= 11 is 0. The topological polar surface area (TPSA) is 65.0 Å². The van der Waals surface area contributed by atoms with Crippen LogP contribution in [0.1, 0.15) is 37.9 Å². The van der Waals surface area contributed by atoms with Gasteiger partial charge in [0.25, 0.3) is 0 Å². The molecule has 0 bridgehead atoms. The van der Waals surface area contributed by atoms with E-state index in [-0.39, 0.29) is 12.4 Å². The first-order chi connectivity index (χ1) is 9.62.